The van der Waals surface area contributed by atoms with E-state index in [2.05, 4.69) is 21.2 Å². The molecule has 8 heteroatoms. The molecular weight excluding hydrogens is 449 g/mol. The fraction of sp³-hybridized carbons (Fsp3) is 0.231. The highest BCUT2D eigenvalue weighted by molar-refractivity contribution is 8.00. The second kappa shape index (κ2) is 10.2. The van der Waals surface area contributed by atoms with Crippen LogP contribution in [0.5, 0.6) is 0 Å². The summed E-state index contributed by atoms with van der Waals surface area (Å²) in [6, 6.07) is 18.1. The predicted octanol–water partition coefficient (Wildman–Crippen LogP) is 5.22. The first kappa shape index (κ1) is 23.6. The lowest BCUT2D eigenvalue weighted by Gasteiger charge is -2.21. The molecule has 0 saturated heterocycles. The van der Waals surface area contributed by atoms with Crippen LogP contribution in [0.2, 0.25) is 0 Å². The van der Waals surface area contributed by atoms with Crippen molar-refractivity contribution in [3.8, 4) is 17.2 Å². The third-order valence-electron chi connectivity index (χ3n) is 5.44. The van der Waals surface area contributed by atoms with Gasteiger partial charge in [-0.15, -0.1) is 10.2 Å². The number of halogens is 1. The Bertz CT molecular complexity index is 1310. The van der Waals surface area contributed by atoms with Gasteiger partial charge in [-0.1, -0.05) is 47.7 Å². The number of hydrogen-bond acceptors (Lipinski definition) is 5. The molecule has 0 radical (unpaired) electrons. The average Bonchev–Trinajstić information content (AvgIpc) is 3.22. The van der Waals surface area contributed by atoms with Gasteiger partial charge in [0.15, 0.2) is 11.0 Å². The van der Waals surface area contributed by atoms with Crippen molar-refractivity contribution in [1.82, 2.24) is 24.6 Å². The summed E-state index contributed by atoms with van der Waals surface area (Å²) in [5, 5.41) is 9.03. The molecule has 4 aromatic rings. The number of benzene rings is 2. The molecule has 0 aliphatic rings. The molecule has 0 N–H and O–H groups in total. The van der Waals surface area contributed by atoms with Crippen molar-refractivity contribution < 1.29 is 9.18 Å². The van der Waals surface area contributed by atoms with Gasteiger partial charge in [0.1, 0.15) is 11.5 Å². The maximum atomic E-state index is 13.5. The number of carbonyl (C=O) groups excluding carboxylic acids is 1. The number of hydrogen-bond donors (Lipinski definition) is 0. The molecule has 0 spiro atoms. The maximum absolute atomic E-state index is 13.5. The van der Waals surface area contributed by atoms with Gasteiger partial charge in [-0.3, -0.25) is 14.3 Å². The number of nitrogens with zero attached hydrogens (tertiary/aromatic N) is 5. The monoisotopic (exact) mass is 475 g/mol. The fourth-order valence-electron chi connectivity index (χ4n) is 3.79. The first-order chi connectivity index (χ1) is 16.3. The number of rotatable bonds is 7. The molecule has 1 atom stereocenters. The summed E-state index contributed by atoms with van der Waals surface area (Å²) in [6.45, 7) is 6.26. The van der Waals surface area contributed by atoms with Crippen LogP contribution in [0, 0.1) is 19.7 Å². The highest BCUT2D eigenvalue weighted by Crippen LogP contribution is 2.31. The molecule has 1 unspecified atom stereocenters. The van der Waals surface area contributed by atoms with E-state index < -0.39 is 5.25 Å². The molecule has 4 rings (SSSR count). The van der Waals surface area contributed by atoms with Crippen LogP contribution in [-0.4, -0.2) is 42.9 Å². The van der Waals surface area contributed by atoms with E-state index >= 15 is 0 Å². The first-order valence-electron chi connectivity index (χ1n) is 10.9. The molecule has 0 bridgehead atoms. The van der Waals surface area contributed by atoms with Crippen molar-refractivity contribution in [1.29, 1.82) is 0 Å². The van der Waals surface area contributed by atoms with Gasteiger partial charge in [0.2, 0.25) is 5.91 Å². The molecular formula is C26H26FN5OS. The van der Waals surface area contributed by atoms with Crippen molar-refractivity contribution in [2.75, 3.05) is 7.05 Å². The van der Waals surface area contributed by atoms with Gasteiger partial charge in [-0.2, -0.15) is 0 Å². The minimum atomic E-state index is -0.427. The number of aryl methyl sites for hydroxylation is 2. The SMILES string of the molecule is Cc1ccc(-n2c(SC(C)C(=O)N(C)Cc3cccc(F)c3)nnc2-c2ccccn2)c(C)c1. The zero-order valence-corrected chi connectivity index (χ0v) is 20.4. The van der Waals surface area contributed by atoms with E-state index in [0.29, 0.717) is 23.2 Å². The maximum Gasteiger partial charge on any atom is 0.235 e. The third kappa shape index (κ3) is 5.17. The Morgan fingerprint density at radius 3 is 2.62 bits per heavy atom. The molecule has 0 aliphatic carbocycles. The van der Waals surface area contributed by atoms with Gasteiger partial charge in [-0.25, -0.2) is 4.39 Å². The topological polar surface area (TPSA) is 63.9 Å². The van der Waals surface area contributed by atoms with E-state index in [4.69, 9.17) is 0 Å². The van der Waals surface area contributed by atoms with Gasteiger partial charge in [0.05, 0.1) is 10.9 Å². The van der Waals surface area contributed by atoms with Gasteiger partial charge < -0.3 is 4.90 Å². The lowest BCUT2D eigenvalue weighted by Crippen LogP contribution is -2.33. The Balaban J connectivity index is 1.63. The predicted molar refractivity (Wildman–Crippen MR) is 132 cm³/mol. The van der Waals surface area contributed by atoms with Gasteiger partial charge >= 0.3 is 0 Å². The highest BCUT2D eigenvalue weighted by Gasteiger charge is 2.25. The van der Waals surface area contributed by atoms with Crippen LogP contribution in [0.25, 0.3) is 17.2 Å². The Morgan fingerprint density at radius 2 is 1.91 bits per heavy atom. The summed E-state index contributed by atoms with van der Waals surface area (Å²) in [5.41, 5.74) is 4.60. The van der Waals surface area contributed by atoms with E-state index in [1.165, 1.54) is 23.9 Å². The van der Waals surface area contributed by atoms with Crippen molar-refractivity contribution in [2.24, 2.45) is 0 Å². The number of aromatic nitrogens is 4. The largest absolute Gasteiger partial charge is 0.340 e. The van der Waals surface area contributed by atoms with Crippen LogP contribution < -0.4 is 0 Å². The Hall–Kier alpha value is -3.52. The molecule has 2 aromatic heterocycles. The molecule has 2 heterocycles. The van der Waals surface area contributed by atoms with E-state index in [1.54, 1.807) is 30.3 Å². The van der Waals surface area contributed by atoms with Gasteiger partial charge in [0, 0.05) is 19.8 Å². The lowest BCUT2D eigenvalue weighted by atomic mass is 10.1. The lowest BCUT2D eigenvalue weighted by molar-refractivity contribution is -0.129. The zero-order chi connectivity index (χ0) is 24.2. The molecule has 0 aliphatic heterocycles. The number of amides is 1. The van der Waals surface area contributed by atoms with Crippen molar-refractivity contribution in [2.45, 2.75) is 37.7 Å². The highest BCUT2D eigenvalue weighted by atomic mass is 32.2. The smallest absolute Gasteiger partial charge is 0.235 e. The van der Waals surface area contributed by atoms with E-state index in [0.717, 1.165) is 22.4 Å². The van der Waals surface area contributed by atoms with E-state index in [1.807, 2.05) is 55.7 Å². The Kier molecular flexibility index (Phi) is 7.07. The Morgan fingerprint density at radius 1 is 1.09 bits per heavy atom. The fourth-order valence-corrected chi connectivity index (χ4v) is 4.76. The standard InChI is InChI=1S/C26H26FN5OS/c1-17-11-12-23(18(2)14-17)32-24(22-10-5-6-13-28-22)29-30-26(32)34-19(3)25(33)31(4)16-20-8-7-9-21(27)15-20/h5-15,19H,16H2,1-4H3. The summed E-state index contributed by atoms with van der Waals surface area (Å²) in [4.78, 5) is 19.2. The van der Waals surface area contributed by atoms with E-state index in [-0.39, 0.29) is 11.7 Å². The van der Waals surface area contributed by atoms with Gasteiger partial charge in [-0.05, 0) is 62.2 Å². The summed E-state index contributed by atoms with van der Waals surface area (Å²) < 4.78 is 15.5. The second-order valence-corrected chi connectivity index (χ2v) is 9.54. The Labute approximate surface area is 202 Å². The average molecular weight is 476 g/mol. The van der Waals surface area contributed by atoms with E-state index in [9.17, 15) is 9.18 Å². The van der Waals surface area contributed by atoms with Crippen LogP contribution in [0.4, 0.5) is 4.39 Å². The number of thioether (sulfide) groups is 1. The molecule has 34 heavy (non-hydrogen) atoms. The normalized spacial score (nSPS) is 11.9. The molecule has 0 fully saturated rings. The quantitative estimate of drug-likeness (QED) is 0.343. The summed E-state index contributed by atoms with van der Waals surface area (Å²) in [5.74, 6) is 0.219. The molecule has 1 amide bonds. The number of carbonyl (C=O) groups is 1. The van der Waals surface area contributed by atoms with Crippen molar-refractivity contribution in [3.63, 3.8) is 0 Å². The van der Waals surface area contributed by atoms with Crippen LogP contribution in [-0.2, 0) is 11.3 Å². The minimum Gasteiger partial charge on any atom is -0.340 e. The molecule has 0 saturated carbocycles. The molecule has 174 valence electrons. The first-order valence-corrected chi connectivity index (χ1v) is 11.8. The third-order valence-corrected chi connectivity index (χ3v) is 6.47. The van der Waals surface area contributed by atoms with Gasteiger partial charge in [0.25, 0.3) is 0 Å². The number of pyridine rings is 1. The summed E-state index contributed by atoms with van der Waals surface area (Å²) in [7, 11) is 1.72. The minimum absolute atomic E-state index is 0.0798. The summed E-state index contributed by atoms with van der Waals surface area (Å²) in [6.07, 6.45) is 1.72. The van der Waals surface area contributed by atoms with Crippen LogP contribution >= 0.6 is 11.8 Å². The molecule has 2 aromatic carbocycles. The van der Waals surface area contributed by atoms with Crippen molar-refractivity contribution in [3.05, 3.63) is 89.4 Å². The van der Waals surface area contributed by atoms with Crippen LogP contribution in [0.3, 0.4) is 0 Å². The second-order valence-electron chi connectivity index (χ2n) is 8.23. The zero-order valence-electron chi connectivity index (χ0n) is 19.6. The van der Waals surface area contributed by atoms with Crippen LogP contribution in [0.1, 0.15) is 23.6 Å². The molecule has 6 nitrogen and oxygen atoms in total. The van der Waals surface area contributed by atoms with Crippen LogP contribution in [0.15, 0.2) is 72.0 Å². The van der Waals surface area contributed by atoms with Crippen molar-refractivity contribution >= 4 is 17.7 Å². The summed E-state index contributed by atoms with van der Waals surface area (Å²) >= 11 is 1.34.